The predicted octanol–water partition coefficient (Wildman–Crippen LogP) is 3.63. The Morgan fingerprint density at radius 3 is 2.59 bits per heavy atom. The topological polar surface area (TPSA) is 18.5 Å². The zero-order valence-corrected chi connectivity index (χ0v) is 10.7. The predicted molar refractivity (Wildman–Crippen MR) is 69.6 cm³/mol. The van der Waals surface area contributed by atoms with E-state index in [4.69, 9.17) is 9.47 Å². The van der Waals surface area contributed by atoms with Gasteiger partial charge in [0.1, 0.15) is 0 Å². The van der Waals surface area contributed by atoms with Gasteiger partial charge in [-0.05, 0) is 32.4 Å². The highest BCUT2D eigenvalue weighted by Crippen LogP contribution is 2.28. The van der Waals surface area contributed by atoms with E-state index < -0.39 is 0 Å². The van der Waals surface area contributed by atoms with Crippen LogP contribution in [0.25, 0.3) is 6.08 Å². The van der Waals surface area contributed by atoms with E-state index in [1.54, 1.807) is 0 Å². The molecule has 0 radical (unpaired) electrons. The monoisotopic (exact) mass is 232 g/mol. The van der Waals surface area contributed by atoms with Crippen LogP contribution >= 0.6 is 0 Å². The second-order valence-corrected chi connectivity index (χ2v) is 5.17. The van der Waals surface area contributed by atoms with E-state index in [9.17, 15) is 0 Å². The lowest BCUT2D eigenvalue weighted by Crippen LogP contribution is -2.42. The zero-order valence-electron chi connectivity index (χ0n) is 10.7. The number of rotatable bonds is 2. The van der Waals surface area contributed by atoms with Crippen LogP contribution in [0.3, 0.4) is 0 Å². The number of ether oxygens (including phenoxy) is 2. The summed E-state index contributed by atoms with van der Waals surface area (Å²) < 4.78 is 11.6. The average molecular weight is 232 g/mol. The van der Waals surface area contributed by atoms with E-state index in [2.05, 4.69) is 32.9 Å². The van der Waals surface area contributed by atoms with Crippen molar-refractivity contribution in [1.29, 1.82) is 0 Å². The Morgan fingerprint density at radius 1 is 1.24 bits per heavy atom. The van der Waals surface area contributed by atoms with Gasteiger partial charge in [-0.25, -0.2) is 0 Å². The minimum Gasteiger partial charge on any atom is -0.346 e. The summed E-state index contributed by atoms with van der Waals surface area (Å²) in [5.41, 5.74) is 1.05. The van der Waals surface area contributed by atoms with Crippen LogP contribution in [0.2, 0.25) is 0 Å². The molecule has 1 aliphatic heterocycles. The fourth-order valence-corrected chi connectivity index (χ4v) is 2.20. The van der Waals surface area contributed by atoms with Crippen LogP contribution in [0.15, 0.2) is 36.4 Å². The van der Waals surface area contributed by atoms with Crippen molar-refractivity contribution >= 4 is 6.08 Å². The van der Waals surface area contributed by atoms with E-state index in [-0.39, 0.29) is 18.0 Å². The molecule has 0 aliphatic carbocycles. The van der Waals surface area contributed by atoms with Crippen LogP contribution in [0.1, 0.15) is 32.8 Å². The van der Waals surface area contributed by atoms with Crippen molar-refractivity contribution in [3.05, 3.63) is 42.0 Å². The summed E-state index contributed by atoms with van der Waals surface area (Å²) in [6.45, 7) is 6.30. The standard InChI is InChI=1S/C15H20O2/c1-12-11-15(2,3)17-14(16-12)10-9-13-7-5-4-6-8-13/h4-10,12,14H,11H2,1-3H3/b10-9+. The molecule has 1 fully saturated rings. The molecule has 0 amide bonds. The van der Waals surface area contributed by atoms with Gasteiger partial charge in [0.25, 0.3) is 0 Å². The molecular formula is C15H20O2. The first-order valence-corrected chi connectivity index (χ1v) is 6.12. The van der Waals surface area contributed by atoms with E-state index in [0.29, 0.717) is 0 Å². The molecule has 2 nitrogen and oxygen atoms in total. The van der Waals surface area contributed by atoms with Gasteiger partial charge in [-0.15, -0.1) is 0 Å². The van der Waals surface area contributed by atoms with E-state index in [0.717, 1.165) is 12.0 Å². The lowest BCUT2D eigenvalue weighted by atomic mass is 10.00. The van der Waals surface area contributed by atoms with Gasteiger partial charge in [0.05, 0.1) is 11.7 Å². The maximum atomic E-state index is 5.86. The molecule has 1 aromatic carbocycles. The van der Waals surface area contributed by atoms with Crippen LogP contribution in [0.5, 0.6) is 0 Å². The van der Waals surface area contributed by atoms with Gasteiger partial charge in [0.15, 0.2) is 6.29 Å². The maximum absolute atomic E-state index is 5.86. The molecule has 2 atom stereocenters. The normalized spacial score (nSPS) is 28.4. The summed E-state index contributed by atoms with van der Waals surface area (Å²) in [7, 11) is 0. The smallest absolute Gasteiger partial charge is 0.178 e. The molecule has 0 aromatic heterocycles. The first-order valence-electron chi connectivity index (χ1n) is 6.12. The maximum Gasteiger partial charge on any atom is 0.178 e. The fourth-order valence-electron chi connectivity index (χ4n) is 2.20. The van der Waals surface area contributed by atoms with Crippen LogP contribution in [-0.2, 0) is 9.47 Å². The molecule has 0 bridgehead atoms. The van der Waals surface area contributed by atoms with Gasteiger partial charge in [0.2, 0.25) is 0 Å². The minimum absolute atomic E-state index is 0.108. The molecule has 0 saturated carbocycles. The Balaban J connectivity index is 2.01. The van der Waals surface area contributed by atoms with Gasteiger partial charge in [-0.3, -0.25) is 0 Å². The minimum atomic E-state index is -0.242. The highest BCUT2D eigenvalue weighted by Gasteiger charge is 2.31. The van der Waals surface area contributed by atoms with Gasteiger partial charge in [-0.1, -0.05) is 36.4 Å². The zero-order chi connectivity index (χ0) is 12.3. The third-order valence-corrected chi connectivity index (χ3v) is 2.83. The molecule has 2 heteroatoms. The SMILES string of the molecule is CC1CC(C)(C)OC(/C=C/c2ccccc2)O1. The summed E-state index contributed by atoms with van der Waals surface area (Å²) in [6, 6.07) is 10.2. The van der Waals surface area contributed by atoms with Crippen molar-refractivity contribution in [3.63, 3.8) is 0 Å². The Labute approximate surface area is 103 Å². The van der Waals surface area contributed by atoms with Crippen LogP contribution < -0.4 is 0 Å². The molecule has 92 valence electrons. The Bertz CT molecular complexity index is 381. The van der Waals surface area contributed by atoms with Crippen LogP contribution in [0, 0.1) is 0 Å². The summed E-state index contributed by atoms with van der Waals surface area (Å²) in [4.78, 5) is 0. The van der Waals surface area contributed by atoms with E-state index in [1.807, 2.05) is 30.4 Å². The van der Waals surface area contributed by atoms with Crippen molar-refractivity contribution in [2.75, 3.05) is 0 Å². The highest BCUT2D eigenvalue weighted by atomic mass is 16.7. The Morgan fingerprint density at radius 2 is 1.94 bits per heavy atom. The van der Waals surface area contributed by atoms with Gasteiger partial charge in [-0.2, -0.15) is 0 Å². The van der Waals surface area contributed by atoms with Crippen LogP contribution in [0.4, 0.5) is 0 Å². The lowest BCUT2D eigenvalue weighted by molar-refractivity contribution is -0.246. The first kappa shape index (κ1) is 12.3. The Kier molecular flexibility index (Phi) is 3.65. The molecule has 1 saturated heterocycles. The van der Waals surface area contributed by atoms with Crippen molar-refractivity contribution in [2.24, 2.45) is 0 Å². The summed E-state index contributed by atoms with van der Waals surface area (Å²) >= 11 is 0. The average Bonchev–Trinajstić information content (AvgIpc) is 2.25. The van der Waals surface area contributed by atoms with E-state index in [1.165, 1.54) is 0 Å². The molecular weight excluding hydrogens is 212 g/mol. The van der Waals surface area contributed by atoms with E-state index >= 15 is 0 Å². The molecule has 1 heterocycles. The summed E-state index contributed by atoms with van der Waals surface area (Å²) in [6.07, 6.45) is 4.95. The van der Waals surface area contributed by atoms with Crippen molar-refractivity contribution in [2.45, 2.75) is 45.2 Å². The van der Waals surface area contributed by atoms with Crippen molar-refractivity contribution < 1.29 is 9.47 Å². The van der Waals surface area contributed by atoms with Gasteiger partial charge < -0.3 is 9.47 Å². The van der Waals surface area contributed by atoms with Gasteiger partial charge >= 0.3 is 0 Å². The van der Waals surface area contributed by atoms with Crippen molar-refractivity contribution in [3.8, 4) is 0 Å². The molecule has 1 aromatic rings. The molecule has 0 spiro atoms. The third-order valence-electron chi connectivity index (χ3n) is 2.83. The van der Waals surface area contributed by atoms with Crippen molar-refractivity contribution in [1.82, 2.24) is 0 Å². The fraction of sp³-hybridized carbons (Fsp3) is 0.467. The second-order valence-electron chi connectivity index (χ2n) is 5.17. The molecule has 17 heavy (non-hydrogen) atoms. The Hall–Kier alpha value is -1.12. The lowest BCUT2D eigenvalue weighted by Gasteiger charge is -2.38. The number of hydrogen-bond donors (Lipinski definition) is 0. The molecule has 2 rings (SSSR count). The summed E-state index contributed by atoms with van der Waals surface area (Å²) in [5, 5.41) is 0. The number of benzene rings is 1. The first-order chi connectivity index (χ1) is 8.05. The highest BCUT2D eigenvalue weighted by molar-refractivity contribution is 5.49. The second kappa shape index (κ2) is 5.03. The molecule has 1 aliphatic rings. The number of hydrogen-bond acceptors (Lipinski definition) is 2. The quantitative estimate of drug-likeness (QED) is 0.775. The van der Waals surface area contributed by atoms with Gasteiger partial charge in [0, 0.05) is 6.42 Å². The molecule has 2 unspecified atom stereocenters. The van der Waals surface area contributed by atoms with Crippen LogP contribution in [-0.4, -0.2) is 18.0 Å². The molecule has 0 N–H and O–H groups in total. The third kappa shape index (κ3) is 3.69. The summed E-state index contributed by atoms with van der Waals surface area (Å²) in [5.74, 6) is 0. The largest absolute Gasteiger partial charge is 0.346 e.